The van der Waals surface area contributed by atoms with Crippen LogP contribution in [0.5, 0.6) is 0 Å². The van der Waals surface area contributed by atoms with E-state index in [1.54, 1.807) is 0 Å². The van der Waals surface area contributed by atoms with Crippen LogP contribution < -0.4 is 15.5 Å². The molecule has 0 radical (unpaired) electrons. The minimum Gasteiger partial charge on any atom is -0.372 e. The zero-order valence-corrected chi connectivity index (χ0v) is 12.3. The van der Waals surface area contributed by atoms with Crippen molar-refractivity contribution >= 4 is 11.6 Å². The van der Waals surface area contributed by atoms with Crippen LogP contribution >= 0.6 is 0 Å². The molecule has 2 rings (SSSR count). The summed E-state index contributed by atoms with van der Waals surface area (Å²) in [7, 11) is 0. The smallest absolute Gasteiger partial charge is 0.237 e. The van der Waals surface area contributed by atoms with E-state index >= 15 is 0 Å². The molecule has 20 heavy (non-hydrogen) atoms. The van der Waals surface area contributed by atoms with Crippen molar-refractivity contribution in [3.05, 3.63) is 30.3 Å². The van der Waals surface area contributed by atoms with E-state index in [1.807, 2.05) is 6.07 Å². The average Bonchev–Trinajstić information content (AvgIpc) is 3.02. The Kier molecular flexibility index (Phi) is 5.87. The number of rotatable bonds is 7. The summed E-state index contributed by atoms with van der Waals surface area (Å²) in [5.41, 5.74) is 1.25. The summed E-state index contributed by atoms with van der Waals surface area (Å²) in [5, 5.41) is 6.25. The second-order valence-corrected chi connectivity index (χ2v) is 5.21. The number of benzene rings is 1. The van der Waals surface area contributed by atoms with E-state index in [0.29, 0.717) is 0 Å². The molecule has 2 N–H and O–H groups in total. The van der Waals surface area contributed by atoms with E-state index in [1.165, 1.54) is 5.69 Å². The Morgan fingerprint density at radius 1 is 1.40 bits per heavy atom. The Labute approximate surface area is 121 Å². The van der Waals surface area contributed by atoms with Gasteiger partial charge >= 0.3 is 0 Å². The lowest BCUT2D eigenvalue weighted by atomic mass is 10.2. The number of carbonyl (C=O) groups is 1. The van der Waals surface area contributed by atoms with Crippen LogP contribution in [0.1, 0.15) is 26.2 Å². The number of nitrogens with zero attached hydrogens (tertiary/aromatic N) is 1. The highest BCUT2D eigenvalue weighted by atomic mass is 16.2. The molecule has 1 unspecified atom stereocenters. The zero-order valence-electron chi connectivity index (χ0n) is 12.3. The van der Waals surface area contributed by atoms with Gasteiger partial charge in [-0.25, -0.2) is 0 Å². The largest absolute Gasteiger partial charge is 0.372 e. The standard InChI is InChI=1S/C16H25N3O/c1-2-19(14-8-4-3-5-9-14)13-7-12-18-16(20)15-10-6-11-17-15/h3-5,8-9,15,17H,2,6-7,10-13H2,1H3,(H,18,20). The molecule has 1 aliphatic rings. The number of anilines is 1. The lowest BCUT2D eigenvalue weighted by Crippen LogP contribution is -2.41. The first-order chi connectivity index (χ1) is 9.81. The lowest BCUT2D eigenvalue weighted by Gasteiger charge is -2.23. The van der Waals surface area contributed by atoms with Gasteiger partial charge in [-0.3, -0.25) is 4.79 Å². The molecule has 0 bridgehead atoms. The first-order valence-electron chi connectivity index (χ1n) is 7.62. The van der Waals surface area contributed by atoms with Crippen molar-refractivity contribution in [3.63, 3.8) is 0 Å². The maximum absolute atomic E-state index is 11.8. The molecule has 1 amide bonds. The summed E-state index contributed by atoms with van der Waals surface area (Å²) >= 11 is 0. The first-order valence-corrected chi connectivity index (χ1v) is 7.62. The molecule has 0 saturated carbocycles. The van der Waals surface area contributed by atoms with Gasteiger partial charge in [0.15, 0.2) is 0 Å². The Balaban J connectivity index is 1.68. The van der Waals surface area contributed by atoms with Crippen molar-refractivity contribution in [1.82, 2.24) is 10.6 Å². The summed E-state index contributed by atoms with van der Waals surface area (Å²) in [5.74, 6) is 0.158. The SMILES string of the molecule is CCN(CCCNC(=O)C1CCCN1)c1ccccc1. The van der Waals surface area contributed by atoms with Gasteiger partial charge in [0.25, 0.3) is 0 Å². The van der Waals surface area contributed by atoms with Gasteiger partial charge in [0.05, 0.1) is 6.04 Å². The molecule has 1 heterocycles. The van der Waals surface area contributed by atoms with E-state index in [4.69, 9.17) is 0 Å². The minimum absolute atomic E-state index is 0.0337. The summed E-state index contributed by atoms with van der Waals surface area (Å²) in [6.07, 6.45) is 3.05. The van der Waals surface area contributed by atoms with Crippen LogP contribution in [0.25, 0.3) is 0 Å². The molecule has 0 aliphatic carbocycles. The molecule has 1 fully saturated rings. The molecular weight excluding hydrogens is 250 g/mol. The predicted molar refractivity (Wildman–Crippen MR) is 83.0 cm³/mol. The highest BCUT2D eigenvalue weighted by Crippen LogP contribution is 2.12. The maximum atomic E-state index is 11.8. The van der Waals surface area contributed by atoms with Crippen LogP contribution in [0.2, 0.25) is 0 Å². The molecular formula is C16H25N3O. The number of nitrogens with one attached hydrogen (secondary N) is 2. The van der Waals surface area contributed by atoms with Crippen LogP contribution in [0, 0.1) is 0 Å². The quantitative estimate of drug-likeness (QED) is 0.746. The normalized spacial score (nSPS) is 17.9. The maximum Gasteiger partial charge on any atom is 0.237 e. The molecule has 4 heteroatoms. The van der Waals surface area contributed by atoms with E-state index in [0.717, 1.165) is 45.4 Å². The Bertz CT molecular complexity index is 401. The third-order valence-corrected chi connectivity index (χ3v) is 3.78. The molecule has 1 aromatic carbocycles. The third kappa shape index (κ3) is 4.23. The van der Waals surface area contributed by atoms with E-state index in [-0.39, 0.29) is 11.9 Å². The van der Waals surface area contributed by atoms with Gasteiger partial charge < -0.3 is 15.5 Å². The van der Waals surface area contributed by atoms with Crippen molar-refractivity contribution in [2.75, 3.05) is 31.1 Å². The van der Waals surface area contributed by atoms with Gasteiger partial charge in [0, 0.05) is 25.3 Å². The van der Waals surface area contributed by atoms with E-state index in [9.17, 15) is 4.79 Å². The van der Waals surface area contributed by atoms with Crippen LogP contribution in [0.4, 0.5) is 5.69 Å². The van der Waals surface area contributed by atoms with Gasteiger partial charge in [-0.05, 0) is 44.9 Å². The zero-order chi connectivity index (χ0) is 14.2. The molecule has 1 atom stereocenters. The second-order valence-electron chi connectivity index (χ2n) is 5.21. The molecule has 1 aromatic rings. The molecule has 1 aliphatic heterocycles. The van der Waals surface area contributed by atoms with Crippen molar-refractivity contribution in [2.45, 2.75) is 32.2 Å². The molecule has 110 valence electrons. The number of hydrogen-bond acceptors (Lipinski definition) is 3. The number of amides is 1. The number of carbonyl (C=O) groups excluding carboxylic acids is 1. The van der Waals surface area contributed by atoms with Gasteiger partial charge in [0.2, 0.25) is 5.91 Å². The molecule has 4 nitrogen and oxygen atoms in total. The van der Waals surface area contributed by atoms with Gasteiger partial charge in [-0.2, -0.15) is 0 Å². The Morgan fingerprint density at radius 2 is 2.20 bits per heavy atom. The van der Waals surface area contributed by atoms with E-state index < -0.39 is 0 Å². The highest BCUT2D eigenvalue weighted by Gasteiger charge is 2.21. The lowest BCUT2D eigenvalue weighted by molar-refractivity contribution is -0.122. The predicted octanol–water partition coefficient (Wildman–Crippen LogP) is 1.77. The summed E-state index contributed by atoms with van der Waals surface area (Å²) in [6, 6.07) is 10.4. The molecule has 1 saturated heterocycles. The van der Waals surface area contributed by atoms with Crippen molar-refractivity contribution in [2.24, 2.45) is 0 Å². The van der Waals surface area contributed by atoms with Gasteiger partial charge in [0.1, 0.15) is 0 Å². The van der Waals surface area contributed by atoms with Crippen LogP contribution in [-0.2, 0) is 4.79 Å². The Hall–Kier alpha value is -1.55. The minimum atomic E-state index is 0.0337. The summed E-state index contributed by atoms with van der Waals surface area (Å²) in [4.78, 5) is 14.2. The first kappa shape index (κ1) is 14.9. The van der Waals surface area contributed by atoms with Crippen molar-refractivity contribution in [1.29, 1.82) is 0 Å². The Morgan fingerprint density at radius 3 is 2.85 bits per heavy atom. The van der Waals surface area contributed by atoms with Crippen LogP contribution in [0.15, 0.2) is 30.3 Å². The van der Waals surface area contributed by atoms with Crippen molar-refractivity contribution < 1.29 is 4.79 Å². The highest BCUT2D eigenvalue weighted by molar-refractivity contribution is 5.81. The average molecular weight is 275 g/mol. The summed E-state index contributed by atoms with van der Waals surface area (Å²) < 4.78 is 0. The van der Waals surface area contributed by atoms with Crippen LogP contribution in [0.3, 0.4) is 0 Å². The fourth-order valence-electron chi connectivity index (χ4n) is 2.62. The molecule has 0 aromatic heterocycles. The van der Waals surface area contributed by atoms with Crippen LogP contribution in [-0.4, -0.2) is 38.1 Å². The van der Waals surface area contributed by atoms with Gasteiger partial charge in [-0.1, -0.05) is 18.2 Å². The summed E-state index contributed by atoms with van der Waals surface area (Å²) in [6.45, 7) is 5.84. The monoisotopic (exact) mass is 275 g/mol. The van der Waals surface area contributed by atoms with E-state index in [2.05, 4.69) is 46.7 Å². The fraction of sp³-hybridized carbons (Fsp3) is 0.562. The topological polar surface area (TPSA) is 44.4 Å². The second kappa shape index (κ2) is 7.90. The molecule has 0 spiro atoms. The fourth-order valence-corrected chi connectivity index (χ4v) is 2.62. The van der Waals surface area contributed by atoms with Crippen molar-refractivity contribution in [3.8, 4) is 0 Å². The number of hydrogen-bond donors (Lipinski definition) is 2. The van der Waals surface area contributed by atoms with Gasteiger partial charge in [-0.15, -0.1) is 0 Å². The third-order valence-electron chi connectivity index (χ3n) is 3.78. The number of para-hydroxylation sites is 1.